The summed E-state index contributed by atoms with van der Waals surface area (Å²) in [5.41, 5.74) is 6.03. The number of hydrogen-bond donors (Lipinski definition) is 2. The summed E-state index contributed by atoms with van der Waals surface area (Å²) in [7, 11) is 0. The topological polar surface area (TPSA) is 46.2 Å². The van der Waals surface area contributed by atoms with Crippen molar-refractivity contribution in [1.29, 1.82) is 0 Å². The van der Waals surface area contributed by atoms with E-state index in [-0.39, 0.29) is 12.4 Å². The Morgan fingerprint density at radius 1 is 1.29 bits per heavy atom. The van der Waals surface area contributed by atoms with Crippen LogP contribution in [0.4, 0.5) is 0 Å². The molecule has 0 amide bonds. The molecule has 1 unspecified atom stereocenters. The molecule has 0 saturated heterocycles. The molecular formula is C10H15BrClNO. The van der Waals surface area contributed by atoms with Crippen LogP contribution < -0.4 is 5.73 Å². The van der Waals surface area contributed by atoms with Crippen molar-refractivity contribution < 1.29 is 5.11 Å². The van der Waals surface area contributed by atoms with Crippen LogP contribution in [-0.2, 0) is 0 Å². The van der Waals surface area contributed by atoms with Crippen LogP contribution in [0.3, 0.4) is 0 Å². The molecule has 1 aromatic carbocycles. The Bertz CT molecular complexity index is 281. The van der Waals surface area contributed by atoms with Gasteiger partial charge in [0.05, 0.1) is 6.10 Å². The Balaban J connectivity index is 0.00000169. The highest BCUT2D eigenvalue weighted by atomic mass is 79.9. The second-order valence-corrected chi connectivity index (χ2v) is 4.69. The second kappa shape index (κ2) is 5.12. The van der Waals surface area contributed by atoms with Crippen molar-refractivity contribution in [3.63, 3.8) is 0 Å². The average Bonchev–Trinajstić information content (AvgIpc) is 2.03. The van der Waals surface area contributed by atoms with Gasteiger partial charge in [-0.2, -0.15) is 0 Å². The largest absolute Gasteiger partial charge is 0.387 e. The molecular weight excluding hydrogens is 265 g/mol. The molecule has 1 rings (SSSR count). The lowest BCUT2D eigenvalue weighted by atomic mass is 9.93. The first kappa shape index (κ1) is 13.9. The van der Waals surface area contributed by atoms with Crippen molar-refractivity contribution in [3.05, 3.63) is 34.3 Å². The van der Waals surface area contributed by atoms with E-state index in [1.54, 1.807) is 13.8 Å². The summed E-state index contributed by atoms with van der Waals surface area (Å²) in [5, 5.41) is 9.81. The van der Waals surface area contributed by atoms with Crippen LogP contribution in [0.15, 0.2) is 28.7 Å². The second-order valence-electron chi connectivity index (χ2n) is 3.78. The lowest BCUT2D eigenvalue weighted by Crippen LogP contribution is -2.39. The molecule has 0 aliphatic carbocycles. The molecule has 2 nitrogen and oxygen atoms in total. The Kier molecular flexibility index (Phi) is 5.09. The van der Waals surface area contributed by atoms with Crippen molar-refractivity contribution in [3.8, 4) is 0 Å². The van der Waals surface area contributed by atoms with Gasteiger partial charge in [-0.3, -0.25) is 0 Å². The number of benzene rings is 1. The van der Waals surface area contributed by atoms with Crippen LogP contribution in [0.2, 0.25) is 0 Å². The average molecular weight is 281 g/mol. The number of nitrogens with two attached hydrogens (primary N) is 1. The molecule has 1 atom stereocenters. The maximum absolute atomic E-state index is 9.81. The molecule has 1 aromatic rings. The van der Waals surface area contributed by atoms with Crippen LogP contribution in [-0.4, -0.2) is 10.6 Å². The summed E-state index contributed by atoms with van der Waals surface area (Å²) in [6, 6.07) is 7.52. The third-order valence-electron chi connectivity index (χ3n) is 1.89. The molecule has 0 aliphatic rings. The maximum atomic E-state index is 9.81. The standard InChI is InChI=1S/C10H14BrNO.ClH/c1-10(2,12)9(13)7-3-5-8(11)6-4-7;/h3-6,9,13H,12H2,1-2H3;1H. The van der Waals surface area contributed by atoms with Gasteiger partial charge in [0, 0.05) is 10.0 Å². The van der Waals surface area contributed by atoms with Crippen LogP contribution >= 0.6 is 28.3 Å². The number of rotatable bonds is 2. The fourth-order valence-electron chi connectivity index (χ4n) is 1.07. The Morgan fingerprint density at radius 3 is 2.07 bits per heavy atom. The Labute approximate surface area is 99.0 Å². The molecule has 3 N–H and O–H groups in total. The maximum Gasteiger partial charge on any atom is 0.0963 e. The fraction of sp³-hybridized carbons (Fsp3) is 0.400. The van der Waals surface area contributed by atoms with E-state index in [1.807, 2.05) is 24.3 Å². The number of hydrogen-bond acceptors (Lipinski definition) is 2. The van der Waals surface area contributed by atoms with Crippen molar-refractivity contribution >= 4 is 28.3 Å². The monoisotopic (exact) mass is 279 g/mol. The molecule has 0 aromatic heterocycles. The minimum absolute atomic E-state index is 0. The van der Waals surface area contributed by atoms with Crippen molar-refractivity contribution in [1.82, 2.24) is 0 Å². The summed E-state index contributed by atoms with van der Waals surface area (Å²) in [6.45, 7) is 3.61. The zero-order chi connectivity index (χ0) is 10.1. The van der Waals surface area contributed by atoms with Gasteiger partial charge in [-0.05, 0) is 31.5 Å². The van der Waals surface area contributed by atoms with Crippen LogP contribution in [0, 0.1) is 0 Å². The predicted molar refractivity (Wildman–Crippen MR) is 64.6 cm³/mol. The zero-order valence-corrected chi connectivity index (χ0v) is 10.6. The highest BCUT2D eigenvalue weighted by Gasteiger charge is 2.23. The summed E-state index contributed by atoms with van der Waals surface area (Å²) < 4.78 is 0.998. The fourth-order valence-corrected chi connectivity index (χ4v) is 1.34. The summed E-state index contributed by atoms with van der Waals surface area (Å²) in [4.78, 5) is 0. The van der Waals surface area contributed by atoms with E-state index < -0.39 is 11.6 Å². The molecule has 0 aliphatic heterocycles. The van der Waals surface area contributed by atoms with Crippen molar-refractivity contribution in [2.24, 2.45) is 5.73 Å². The lowest BCUT2D eigenvalue weighted by Gasteiger charge is -2.26. The van der Waals surface area contributed by atoms with E-state index in [9.17, 15) is 5.11 Å². The normalized spacial score (nSPS) is 13.2. The van der Waals surface area contributed by atoms with Gasteiger partial charge in [0.25, 0.3) is 0 Å². The highest BCUT2D eigenvalue weighted by Crippen LogP contribution is 2.24. The summed E-state index contributed by atoms with van der Waals surface area (Å²) >= 11 is 3.33. The zero-order valence-electron chi connectivity index (χ0n) is 8.20. The first-order valence-electron chi connectivity index (χ1n) is 4.13. The predicted octanol–water partition coefficient (Wildman–Crippen LogP) is 2.64. The number of halogens is 2. The van der Waals surface area contributed by atoms with E-state index in [4.69, 9.17) is 5.73 Å². The minimum atomic E-state index is -0.624. The van der Waals surface area contributed by atoms with E-state index >= 15 is 0 Å². The van der Waals surface area contributed by atoms with E-state index in [0.717, 1.165) is 10.0 Å². The summed E-state index contributed by atoms with van der Waals surface area (Å²) in [6.07, 6.45) is -0.624. The van der Waals surface area contributed by atoms with Gasteiger partial charge in [0.1, 0.15) is 0 Å². The molecule has 4 heteroatoms. The van der Waals surface area contributed by atoms with Gasteiger partial charge in [0.15, 0.2) is 0 Å². The van der Waals surface area contributed by atoms with Crippen LogP contribution in [0.25, 0.3) is 0 Å². The smallest absolute Gasteiger partial charge is 0.0963 e. The molecule has 0 heterocycles. The van der Waals surface area contributed by atoms with Gasteiger partial charge in [-0.25, -0.2) is 0 Å². The van der Waals surface area contributed by atoms with Gasteiger partial charge in [-0.15, -0.1) is 12.4 Å². The SMILES string of the molecule is CC(C)(N)C(O)c1ccc(Br)cc1.Cl. The molecule has 0 bridgehead atoms. The lowest BCUT2D eigenvalue weighted by molar-refractivity contribution is 0.104. The Morgan fingerprint density at radius 2 is 1.71 bits per heavy atom. The molecule has 0 spiro atoms. The Hall–Kier alpha value is -0.0900. The van der Waals surface area contributed by atoms with E-state index in [0.29, 0.717) is 0 Å². The number of aliphatic hydroxyl groups is 1. The molecule has 0 saturated carbocycles. The van der Waals surface area contributed by atoms with Gasteiger partial charge in [-0.1, -0.05) is 28.1 Å². The van der Waals surface area contributed by atoms with Crippen molar-refractivity contribution in [2.75, 3.05) is 0 Å². The minimum Gasteiger partial charge on any atom is -0.387 e. The van der Waals surface area contributed by atoms with Crippen LogP contribution in [0.1, 0.15) is 25.5 Å². The van der Waals surface area contributed by atoms with E-state index in [2.05, 4.69) is 15.9 Å². The molecule has 0 radical (unpaired) electrons. The first-order valence-corrected chi connectivity index (χ1v) is 4.93. The molecule has 80 valence electrons. The molecule has 0 fully saturated rings. The number of aliphatic hydroxyl groups excluding tert-OH is 1. The van der Waals surface area contributed by atoms with E-state index in [1.165, 1.54) is 0 Å². The first-order chi connectivity index (χ1) is 5.91. The van der Waals surface area contributed by atoms with Gasteiger partial charge in [0.2, 0.25) is 0 Å². The van der Waals surface area contributed by atoms with Gasteiger partial charge >= 0.3 is 0 Å². The highest BCUT2D eigenvalue weighted by molar-refractivity contribution is 9.10. The van der Waals surface area contributed by atoms with Crippen LogP contribution in [0.5, 0.6) is 0 Å². The molecule has 14 heavy (non-hydrogen) atoms. The third kappa shape index (κ3) is 3.58. The van der Waals surface area contributed by atoms with Gasteiger partial charge < -0.3 is 10.8 Å². The quantitative estimate of drug-likeness (QED) is 0.875. The third-order valence-corrected chi connectivity index (χ3v) is 2.42. The summed E-state index contributed by atoms with van der Waals surface area (Å²) in [5.74, 6) is 0. The van der Waals surface area contributed by atoms with Crippen molar-refractivity contribution in [2.45, 2.75) is 25.5 Å².